The predicted octanol–water partition coefficient (Wildman–Crippen LogP) is 2.65. The number of nitrogen functional groups attached to an aromatic ring is 1. The molecule has 1 aromatic heterocycles. The Hall–Kier alpha value is -2.15. The van der Waals surface area contributed by atoms with Crippen LogP contribution in [0.4, 0.5) is 20.0 Å². The molecule has 3 N–H and O–H groups in total. The molecule has 5 nitrogen and oxygen atoms in total. The minimum absolute atomic E-state index is 0.307. The smallest absolute Gasteiger partial charge is 0.413 e. The molecule has 0 fully saturated rings. The average Bonchev–Trinajstić information content (AvgIpc) is 2.80. The van der Waals surface area contributed by atoms with Gasteiger partial charge in [0.15, 0.2) is 5.13 Å². The van der Waals surface area contributed by atoms with E-state index in [0.717, 1.165) is 16.2 Å². The standard InChI is InChI=1S/C11H10FN3O2S/c1-15(11(16)17)10-14-9(5-18-10)7-4-6(12)2-3-8(7)13/h2-5H,13H2,1H3,(H,16,17). The first-order chi connectivity index (χ1) is 8.49. The zero-order chi connectivity index (χ0) is 13.3. The van der Waals surface area contributed by atoms with E-state index in [0.29, 0.717) is 22.1 Å². The molecule has 0 aliphatic carbocycles. The van der Waals surface area contributed by atoms with Crippen molar-refractivity contribution in [1.82, 2.24) is 4.98 Å². The second-order valence-corrected chi connectivity index (χ2v) is 4.43. The number of anilines is 2. The molecule has 0 aliphatic rings. The third-order valence-corrected chi connectivity index (χ3v) is 3.27. The highest BCUT2D eigenvalue weighted by Crippen LogP contribution is 2.30. The van der Waals surface area contributed by atoms with Crippen LogP contribution in [-0.4, -0.2) is 23.2 Å². The molecule has 0 radical (unpaired) electrons. The maximum Gasteiger partial charge on any atom is 0.413 e. The fourth-order valence-corrected chi connectivity index (χ4v) is 2.16. The lowest BCUT2D eigenvalue weighted by Crippen LogP contribution is -2.23. The molecular formula is C11H10FN3O2S. The number of rotatable bonds is 2. The number of carboxylic acid groups (broad SMARTS) is 1. The number of thiazole rings is 1. The maximum absolute atomic E-state index is 13.1. The summed E-state index contributed by atoms with van der Waals surface area (Å²) in [5.41, 5.74) is 7.04. The number of nitrogens with two attached hydrogens (primary N) is 1. The van der Waals surface area contributed by atoms with Crippen LogP contribution in [0.2, 0.25) is 0 Å². The van der Waals surface area contributed by atoms with Crippen molar-refractivity contribution in [2.24, 2.45) is 0 Å². The SMILES string of the molecule is CN(C(=O)O)c1nc(-c2cc(F)ccc2N)cs1. The molecule has 2 rings (SSSR count). The molecule has 0 spiro atoms. The van der Waals surface area contributed by atoms with Gasteiger partial charge in [0.25, 0.3) is 0 Å². The Balaban J connectivity index is 2.41. The average molecular weight is 267 g/mol. The lowest BCUT2D eigenvalue weighted by atomic mass is 10.1. The Morgan fingerprint density at radius 1 is 1.56 bits per heavy atom. The van der Waals surface area contributed by atoms with Gasteiger partial charge in [-0.3, -0.25) is 4.90 Å². The summed E-state index contributed by atoms with van der Waals surface area (Å²) in [5, 5.41) is 10.8. The summed E-state index contributed by atoms with van der Waals surface area (Å²) in [7, 11) is 1.39. The number of carbonyl (C=O) groups is 1. The fraction of sp³-hybridized carbons (Fsp3) is 0.0909. The number of amides is 1. The Labute approximate surface area is 106 Å². The first-order valence-electron chi connectivity index (χ1n) is 4.96. The van der Waals surface area contributed by atoms with E-state index in [2.05, 4.69) is 4.98 Å². The number of hydrogen-bond acceptors (Lipinski definition) is 4. The van der Waals surface area contributed by atoms with Gasteiger partial charge in [0.05, 0.1) is 5.69 Å². The molecule has 0 aliphatic heterocycles. The summed E-state index contributed by atoms with van der Waals surface area (Å²) < 4.78 is 13.1. The molecule has 18 heavy (non-hydrogen) atoms. The molecule has 0 bridgehead atoms. The minimum Gasteiger partial charge on any atom is -0.465 e. The minimum atomic E-state index is -1.11. The molecule has 94 valence electrons. The van der Waals surface area contributed by atoms with Gasteiger partial charge in [0.1, 0.15) is 5.82 Å². The Bertz CT molecular complexity index is 600. The van der Waals surface area contributed by atoms with Crippen LogP contribution in [0.3, 0.4) is 0 Å². The van der Waals surface area contributed by atoms with E-state index in [4.69, 9.17) is 10.8 Å². The largest absolute Gasteiger partial charge is 0.465 e. The summed E-state index contributed by atoms with van der Waals surface area (Å²) >= 11 is 1.15. The van der Waals surface area contributed by atoms with Crippen molar-refractivity contribution < 1.29 is 14.3 Å². The van der Waals surface area contributed by atoms with Crippen molar-refractivity contribution in [3.05, 3.63) is 29.4 Å². The molecule has 7 heteroatoms. The van der Waals surface area contributed by atoms with E-state index in [1.54, 1.807) is 5.38 Å². The molecule has 1 aromatic carbocycles. The Morgan fingerprint density at radius 2 is 2.28 bits per heavy atom. The van der Waals surface area contributed by atoms with E-state index in [1.807, 2.05) is 0 Å². The third kappa shape index (κ3) is 2.25. The fourth-order valence-electron chi connectivity index (χ4n) is 1.37. The van der Waals surface area contributed by atoms with Crippen LogP contribution >= 0.6 is 11.3 Å². The number of hydrogen-bond donors (Lipinski definition) is 2. The first-order valence-corrected chi connectivity index (χ1v) is 5.84. The van der Waals surface area contributed by atoms with Crippen LogP contribution in [0.15, 0.2) is 23.6 Å². The second-order valence-electron chi connectivity index (χ2n) is 3.59. The summed E-state index contributed by atoms with van der Waals surface area (Å²) in [5.74, 6) is -0.416. The molecular weight excluding hydrogens is 257 g/mol. The van der Waals surface area contributed by atoms with Crippen LogP contribution in [0.1, 0.15) is 0 Å². The maximum atomic E-state index is 13.1. The molecule has 0 unspecified atom stereocenters. The van der Waals surface area contributed by atoms with Gasteiger partial charge in [-0.15, -0.1) is 11.3 Å². The van der Waals surface area contributed by atoms with Gasteiger partial charge < -0.3 is 10.8 Å². The van der Waals surface area contributed by atoms with Gasteiger partial charge in [-0.05, 0) is 18.2 Å². The monoisotopic (exact) mass is 267 g/mol. The normalized spacial score (nSPS) is 10.3. The van der Waals surface area contributed by atoms with Crippen molar-refractivity contribution in [2.75, 3.05) is 17.7 Å². The highest BCUT2D eigenvalue weighted by molar-refractivity contribution is 7.14. The summed E-state index contributed by atoms with van der Waals surface area (Å²) in [6.07, 6.45) is -1.11. The molecule has 0 atom stereocenters. The molecule has 1 amide bonds. The van der Waals surface area contributed by atoms with Gasteiger partial charge in [-0.1, -0.05) is 0 Å². The van der Waals surface area contributed by atoms with Crippen LogP contribution in [0.5, 0.6) is 0 Å². The molecule has 0 saturated carbocycles. The highest BCUT2D eigenvalue weighted by atomic mass is 32.1. The van der Waals surface area contributed by atoms with Crippen LogP contribution in [0.25, 0.3) is 11.3 Å². The second kappa shape index (κ2) is 4.61. The van der Waals surface area contributed by atoms with E-state index < -0.39 is 11.9 Å². The first kappa shape index (κ1) is 12.3. The zero-order valence-electron chi connectivity index (χ0n) is 9.42. The van der Waals surface area contributed by atoms with Crippen molar-refractivity contribution in [3.63, 3.8) is 0 Å². The van der Waals surface area contributed by atoms with E-state index in [9.17, 15) is 9.18 Å². The zero-order valence-corrected chi connectivity index (χ0v) is 10.2. The quantitative estimate of drug-likeness (QED) is 0.820. The van der Waals surface area contributed by atoms with Crippen LogP contribution < -0.4 is 10.6 Å². The van der Waals surface area contributed by atoms with Crippen molar-refractivity contribution in [3.8, 4) is 11.3 Å². The van der Waals surface area contributed by atoms with Gasteiger partial charge in [-0.2, -0.15) is 0 Å². The van der Waals surface area contributed by atoms with Gasteiger partial charge in [-0.25, -0.2) is 14.2 Å². The molecule has 2 aromatic rings. The Morgan fingerprint density at radius 3 is 2.94 bits per heavy atom. The topological polar surface area (TPSA) is 79.5 Å². The summed E-state index contributed by atoms with van der Waals surface area (Å²) in [6.45, 7) is 0. The van der Waals surface area contributed by atoms with Gasteiger partial charge in [0, 0.05) is 23.7 Å². The number of benzene rings is 1. The molecule has 1 heterocycles. The highest BCUT2D eigenvalue weighted by Gasteiger charge is 2.15. The van der Waals surface area contributed by atoms with E-state index >= 15 is 0 Å². The van der Waals surface area contributed by atoms with Crippen molar-refractivity contribution in [2.45, 2.75) is 0 Å². The summed E-state index contributed by atoms with van der Waals surface area (Å²) in [6, 6.07) is 3.98. The summed E-state index contributed by atoms with van der Waals surface area (Å²) in [4.78, 5) is 15.9. The number of aromatic nitrogens is 1. The number of halogens is 1. The lowest BCUT2D eigenvalue weighted by molar-refractivity contribution is 0.203. The Kier molecular flexibility index (Phi) is 3.15. The van der Waals surface area contributed by atoms with Gasteiger partial charge in [0.2, 0.25) is 0 Å². The van der Waals surface area contributed by atoms with E-state index in [-0.39, 0.29) is 0 Å². The van der Waals surface area contributed by atoms with Crippen molar-refractivity contribution in [1.29, 1.82) is 0 Å². The van der Waals surface area contributed by atoms with Crippen LogP contribution in [0, 0.1) is 5.82 Å². The number of nitrogens with zero attached hydrogens (tertiary/aromatic N) is 2. The third-order valence-electron chi connectivity index (χ3n) is 2.36. The van der Waals surface area contributed by atoms with E-state index in [1.165, 1.54) is 25.2 Å². The van der Waals surface area contributed by atoms with Crippen LogP contribution in [-0.2, 0) is 0 Å². The lowest BCUT2D eigenvalue weighted by Gasteiger charge is -2.07. The predicted molar refractivity (Wildman–Crippen MR) is 68.3 cm³/mol. The van der Waals surface area contributed by atoms with Crippen molar-refractivity contribution >= 4 is 28.2 Å². The molecule has 0 saturated heterocycles. The van der Waals surface area contributed by atoms with Gasteiger partial charge >= 0.3 is 6.09 Å².